The molecular formula is C59H75FN10O9. The van der Waals surface area contributed by atoms with Crippen molar-refractivity contribution in [3.8, 4) is 22.9 Å². The number of rotatable bonds is 20. The Morgan fingerprint density at radius 2 is 1.70 bits per heavy atom. The summed E-state index contributed by atoms with van der Waals surface area (Å²) in [4.78, 5) is 81.4. The molecule has 0 radical (unpaired) electrons. The van der Waals surface area contributed by atoms with Crippen molar-refractivity contribution in [1.29, 1.82) is 0 Å². The van der Waals surface area contributed by atoms with Gasteiger partial charge in [-0.25, -0.2) is 14.4 Å². The van der Waals surface area contributed by atoms with Crippen LogP contribution >= 0.6 is 0 Å². The summed E-state index contributed by atoms with van der Waals surface area (Å²) in [7, 11) is 3.35. The molecule has 5 atom stereocenters. The SMILES string of the molecule is CN[C@H](C)C(=O)N[C@@H](C(=O)N1Cc2cc(OCCOCCOCCC(=O)CCCn3nc(C)c4c3CN(C)C(=O)c3ccc(F)cc3[C@@H](C)Oc3nc-4cnc3N)ccc2C[C@@H]1C(=O)N[C@H]1CCCc2ccccc21)C(C)(C)C. The highest BCUT2D eigenvalue weighted by Crippen LogP contribution is 2.36. The summed E-state index contributed by atoms with van der Waals surface area (Å²) in [5.41, 5.74) is 12.7. The van der Waals surface area contributed by atoms with Crippen LogP contribution in [0.2, 0.25) is 0 Å². The number of hydrogen-bond acceptors (Lipinski definition) is 14. The number of ether oxygens (including phenoxy) is 4. The first-order valence-electron chi connectivity index (χ1n) is 27.3. The van der Waals surface area contributed by atoms with E-state index in [-0.39, 0.29) is 105 Å². The summed E-state index contributed by atoms with van der Waals surface area (Å²) in [6.07, 6.45) is 4.76. The maximum absolute atomic E-state index is 14.7. The number of aromatic nitrogens is 4. The highest BCUT2D eigenvalue weighted by molar-refractivity contribution is 5.96. The van der Waals surface area contributed by atoms with Gasteiger partial charge in [0.25, 0.3) is 11.8 Å². The lowest BCUT2D eigenvalue weighted by Gasteiger charge is -2.41. The molecule has 3 aliphatic rings. The lowest BCUT2D eigenvalue weighted by atomic mass is 9.83. The molecule has 5 N–H and O–H groups in total. The Labute approximate surface area is 461 Å². The minimum Gasteiger partial charge on any atom is -0.491 e. The zero-order valence-electron chi connectivity index (χ0n) is 46.7. The van der Waals surface area contributed by atoms with Gasteiger partial charge in [0.15, 0.2) is 5.82 Å². The Morgan fingerprint density at radius 1 is 0.937 bits per heavy atom. The average molecular weight is 1090 g/mol. The highest BCUT2D eigenvalue weighted by atomic mass is 19.1. The molecule has 2 bridgehead atoms. The molecule has 0 saturated carbocycles. The number of nitrogen functional groups attached to an aromatic ring is 1. The van der Waals surface area contributed by atoms with Gasteiger partial charge in [-0.2, -0.15) is 5.10 Å². The number of benzene rings is 3. The topological polar surface area (TPSA) is 234 Å². The molecule has 1 aliphatic carbocycles. The van der Waals surface area contributed by atoms with Crippen LogP contribution in [0.3, 0.4) is 0 Å². The summed E-state index contributed by atoms with van der Waals surface area (Å²) in [5, 5.41) is 14.0. The van der Waals surface area contributed by atoms with Gasteiger partial charge in [-0.05, 0) is 112 Å². The number of hydrogen-bond donors (Lipinski definition) is 4. The van der Waals surface area contributed by atoms with Gasteiger partial charge in [-0.3, -0.25) is 28.7 Å². The van der Waals surface area contributed by atoms with E-state index in [9.17, 15) is 28.4 Å². The fourth-order valence-electron chi connectivity index (χ4n) is 10.5. The quantitative estimate of drug-likeness (QED) is 0.0607. The van der Waals surface area contributed by atoms with Gasteiger partial charge in [0.2, 0.25) is 17.7 Å². The normalized spacial score (nSPS) is 17.8. The maximum Gasteiger partial charge on any atom is 0.258 e. The molecule has 79 heavy (non-hydrogen) atoms. The van der Waals surface area contributed by atoms with Crippen molar-refractivity contribution in [2.75, 3.05) is 52.9 Å². The molecule has 8 rings (SSSR count). The number of fused-ring (bicyclic) bond motifs is 7. The van der Waals surface area contributed by atoms with Crippen molar-refractivity contribution >= 4 is 35.2 Å². The summed E-state index contributed by atoms with van der Waals surface area (Å²) < 4.78 is 40.0. The van der Waals surface area contributed by atoms with Gasteiger partial charge in [-0.15, -0.1) is 0 Å². The lowest BCUT2D eigenvalue weighted by molar-refractivity contribution is -0.147. The fraction of sp³-hybridized carbons (Fsp3) is 0.492. The Bertz CT molecular complexity index is 3030. The maximum atomic E-state index is 14.7. The van der Waals surface area contributed by atoms with Crippen molar-refractivity contribution in [3.63, 3.8) is 0 Å². The summed E-state index contributed by atoms with van der Waals surface area (Å²) >= 11 is 0. The first-order chi connectivity index (χ1) is 37.8. The number of aryl methyl sites for hydroxylation is 3. The smallest absolute Gasteiger partial charge is 0.258 e. The third-order valence-corrected chi connectivity index (χ3v) is 15.0. The Kier molecular flexibility index (Phi) is 18.8. The second kappa shape index (κ2) is 25.7. The van der Waals surface area contributed by atoms with E-state index in [1.165, 1.54) is 34.9 Å². The molecule has 0 fully saturated rings. The van der Waals surface area contributed by atoms with E-state index >= 15 is 0 Å². The number of nitrogens with zero attached hydrogens (tertiary/aromatic N) is 6. The zero-order chi connectivity index (χ0) is 56.5. The minimum absolute atomic E-state index is 0.0282. The van der Waals surface area contributed by atoms with Crippen LogP contribution in [0, 0.1) is 18.2 Å². The van der Waals surface area contributed by atoms with Gasteiger partial charge in [0.05, 0.1) is 68.3 Å². The van der Waals surface area contributed by atoms with Crippen molar-refractivity contribution < 1.29 is 47.3 Å². The monoisotopic (exact) mass is 1090 g/mol. The molecular weight excluding hydrogens is 1010 g/mol. The molecule has 0 spiro atoms. The number of carbonyl (C=O) groups excluding carboxylic acids is 5. The van der Waals surface area contributed by atoms with Crippen LogP contribution < -0.4 is 31.2 Å². The largest absolute Gasteiger partial charge is 0.491 e. The second-order valence-electron chi connectivity index (χ2n) is 21.8. The van der Waals surface area contributed by atoms with E-state index < -0.39 is 35.5 Å². The third-order valence-electron chi connectivity index (χ3n) is 15.0. The van der Waals surface area contributed by atoms with Gasteiger partial charge < -0.3 is 50.4 Å². The van der Waals surface area contributed by atoms with E-state index in [1.54, 1.807) is 37.5 Å². The third kappa shape index (κ3) is 13.9. The molecule has 2 aromatic heterocycles. The van der Waals surface area contributed by atoms with Crippen molar-refractivity contribution in [2.45, 2.75) is 136 Å². The Hall–Kier alpha value is -7.29. The number of halogens is 1. The zero-order valence-corrected chi connectivity index (χ0v) is 46.7. The number of ketones is 1. The number of likely N-dealkylation sites (N-methyl/N-ethyl adjacent to an activating group) is 1. The van der Waals surface area contributed by atoms with E-state index in [4.69, 9.17) is 34.8 Å². The number of Topliss-reactive ketones (excluding diaryl/α,β-unsaturated/α-hetero) is 1. The van der Waals surface area contributed by atoms with Crippen molar-refractivity contribution in [3.05, 3.63) is 117 Å². The number of nitrogens with one attached hydrogen (secondary N) is 3. The molecule has 4 amide bonds. The highest BCUT2D eigenvalue weighted by Gasteiger charge is 2.43. The van der Waals surface area contributed by atoms with Crippen LogP contribution in [0.5, 0.6) is 11.6 Å². The molecule has 2 aliphatic heterocycles. The molecule has 5 aromatic rings. The van der Waals surface area contributed by atoms with Crippen LogP contribution in [0.25, 0.3) is 11.3 Å². The summed E-state index contributed by atoms with van der Waals surface area (Å²) in [5.74, 6) is -1.00. The van der Waals surface area contributed by atoms with E-state index in [0.29, 0.717) is 60.0 Å². The van der Waals surface area contributed by atoms with Gasteiger partial charge >= 0.3 is 0 Å². The Balaban J connectivity index is 0.807. The standard InChI is InChI=1S/C59H75FN10O9/c1-35-51-48-32-63-53(61)56(65-48)79-37(3)46-31-41(60)19-21-45(46)57(74)68(8)34-50(51)70(67-35)23-12-15-42(71)22-24-76-25-26-77-27-28-78-43-20-18-39-30-49(55(73)64-47-17-11-14-38-13-9-10-16-44(38)47)69(33-40(39)29-43)58(75)52(59(4,5)6)66-54(72)36(2)62-7/h9-10,13,16,18-21,29,31-32,36-37,47,49,52,62H,11-12,14-15,17,22-28,30,33-34H2,1-8H3,(H2,61,63)(H,64,73)(H,66,72)/t36-,37-,47+,49-,52+/m1/s1. The number of amides is 4. The van der Waals surface area contributed by atoms with Crippen molar-refractivity contribution in [2.24, 2.45) is 5.41 Å². The van der Waals surface area contributed by atoms with Crippen LogP contribution in [0.1, 0.15) is 128 Å². The predicted molar refractivity (Wildman–Crippen MR) is 294 cm³/mol. The average Bonchev–Trinajstić information content (AvgIpc) is 3.90. The summed E-state index contributed by atoms with van der Waals surface area (Å²) in [6.45, 7) is 13.0. The molecule has 422 valence electrons. The molecule has 19 nitrogen and oxygen atoms in total. The number of anilines is 1. The van der Waals surface area contributed by atoms with E-state index in [0.717, 1.165) is 36.0 Å². The number of nitrogens with two attached hydrogens (primary N) is 1. The van der Waals surface area contributed by atoms with Crippen LogP contribution in [0.15, 0.2) is 66.9 Å². The Morgan fingerprint density at radius 3 is 2.47 bits per heavy atom. The first-order valence-corrected chi connectivity index (χ1v) is 27.3. The van der Waals surface area contributed by atoms with Gasteiger partial charge in [0.1, 0.15) is 42.1 Å². The molecule has 0 unspecified atom stereocenters. The van der Waals surface area contributed by atoms with Crippen LogP contribution in [-0.2, 0) is 61.1 Å². The van der Waals surface area contributed by atoms with Crippen molar-refractivity contribution in [1.82, 2.24) is 45.5 Å². The minimum atomic E-state index is -0.901. The number of carbonyl (C=O) groups is 5. The molecule has 0 saturated heterocycles. The molecule has 3 aromatic carbocycles. The molecule has 4 heterocycles. The van der Waals surface area contributed by atoms with E-state index in [1.807, 2.05) is 58.0 Å². The van der Waals surface area contributed by atoms with Gasteiger partial charge in [-0.1, -0.05) is 51.1 Å². The predicted octanol–water partition coefficient (Wildman–Crippen LogP) is 6.53. The first kappa shape index (κ1) is 57.9. The van der Waals surface area contributed by atoms with E-state index in [2.05, 4.69) is 33.1 Å². The summed E-state index contributed by atoms with van der Waals surface area (Å²) in [6, 6.07) is 15.4. The fourth-order valence-corrected chi connectivity index (χ4v) is 10.5. The van der Waals surface area contributed by atoms with Crippen LogP contribution in [0.4, 0.5) is 10.2 Å². The lowest BCUT2D eigenvalue weighted by Crippen LogP contribution is -2.62. The van der Waals surface area contributed by atoms with Gasteiger partial charge in [0, 0.05) is 56.1 Å². The van der Waals surface area contributed by atoms with Crippen LogP contribution in [-0.4, -0.2) is 124 Å². The second-order valence-corrected chi connectivity index (χ2v) is 21.8. The molecule has 20 heteroatoms.